The Bertz CT molecular complexity index is 515. The number of hydrogen-bond donors (Lipinski definition) is 2. The summed E-state index contributed by atoms with van der Waals surface area (Å²) in [6.45, 7) is 0.746. The van der Waals surface area contributed by atoms with Gasteiger partial charge in [-0.25, -0.2) is 0 Å². The second kappa shape index (κ2) is 3.97. The van der Waals surface area contributed by atoms with E-state index in [1.165, 1.54) is 36.8 Å². The molecule has 0 spiro atoms. The van der Waals surface area contributed by atoms with Crippen LogP contribution in [0.15, 0.2) is 18.2 Å². The number of benzene rings is 1. The van der Waals surface area contributed by atoms with Crippen LogP contribution in [0.25, 0.3) is 0 Å². The zero-order chi connectivity index (χ0) is 13.0. The van der Waals surface area contributed by atoms with Crippen molar-refractivity contribution in [3.63, 3.8) is 0 Å². The van der Waals surface area contributed by atoms with Crippen molar-refractivity contribution in [2.24, 2.45) is 5.92 Å². The van der Waals surface area contributed by atoms with Gasteiger partial charge in [0.15, 0.2) is 0 Å². The Morgan fingerprint density at radius 1 is 1.26 bits per heavy atom. The van der Waals surface area contributed by atoms with Crippen molar-refractivity contribution in [3.05, 3.63) is 34.5 Å². The van der Waals surface area contributed by atoms with E-state index in [2.05, 4.69) is 0 Å². The van der Waals surface area contributed by atoms with Crippen LogP contribution < -0.4 is 5.06 Å². The number of quaternary nitrogens is 1. The van der Waals surface area contributed by atoms with Gasteiger partial charge < -0.3 is 15.4 Å². The molecular weight excluding hydrogens is 238 g/mol. The molecule has 3 aliphatic rings. The first-order valence-electron chi connectivity index (χ1n) is 7.56. The summed E-state index contributed by atoms with van der Waals surface area (Å²) in [6, 6.07) is 6.06. The molecule has 2 N–H and O–H groups in total. The van der Waals surface area contributed by atoms with Gasteiger partial charge in [-0.15, -0.1) is 0 Å². The van der Waals surface area contributed by atoms with Crippen LogP contribution in [-0.2, 0) is 11.8 Å². The summed E-state index contributed by atoms with van der Waals surface area (Å²) in [5.41, 5.74) is 2.87. The number of rotatable bonds is 0. The minimum absolute atomic E-state index is 0.198. The zero-order valence-corrected chi connectivity index (χ0v) is 11.2. The highest BCUT2D eigenvalue weighted by molar-refractivity contribution is 5.44. The number of hydroxylamine groups is 2. The van der Waals surface area contributed by atoms with E-state index in [0.29, 0.717) is 16.7 Å². The topological polar surface area (TPSA) is 47.7 Å². The number of piperidine rings is 1. The summed E-state index contributed by atoms with van der Waals surface area (Å²) in [4.78, 5) is 0. The second-order valence-corrected chi connectivity index (χ2v) is 6.63. The Kier molecular flexibility index (Phi) is 2.45. The van der Waals surface area contributed by atoms with E-state index in [-0.39, 0.29) is 11.5 Å². The maximum atomic E-state index is 12.3. The lowest BCUT2D eigenvalue weighted by Gasteiger charge is -2.58. The molecule has 3 nitrogen and oxygen atoms in total. The number of phenols is 1. The molecule has 1 aromatic carbocycles. The van der Waals surface area contributed by atoms with Gasteiger partial charge in [-0.05, 0) is 36.1 Å². The fraction of sp³-hybridized carbons (Fsp3) is 0.625. The van der Waals surface area contributed by atoms with Crippen LogP contribution in [0.2, 0.25) is 0 Å². The first-order valence-corrected chi connectivity index (χ1v) is 7.56. The number of nitrogens with one attached hydrogen (secondary N) is 1. The molecule has 1 aromatic rings. The van der Waals surface area contributed by atoms with Crippen LogP contribution in [0.3, 0.4) is 0 Å². The average Bonchev–Trinajstić information content (AvgIpc) is 2.43. The number of hydrogen-bond acceptors (Lipinski definition) is 2. The molecule has 0 aromatic heterocycles. The van der Waals surface area contributed by atoms with Gasteiger partial charge in [-0.1, -0.05) is 18.9 Å². The maximum Gasteiger partial charge on any atom is 0.115 e. The quantitative estimate of drug-likeness (QED) is 0.694. The first-order chi connectivity index (χ1) is 9.21. The third kappa shape index (κ3) is 1.52. The summed E-state index contributed by atoms with van der Waals surface area (Å²) < 4.78 is 0. The van der Waals surface area contributed by atoms with Gasteiger partial charge >= 0.3 is 0 Å². The van der Waals surface area contributed by atoms with Crippen molar-refractivity contribution >= 4 is 0 Å². The van der Waals surface area contributed by atoms with Crippen molar-refractivity contribution < 1.29 is 10.2 Å². The van der Waals surface area contributed by atoms with E-state index in [1.54, 1.807) is 6.07 Å². The third-order valence-electron chi connectivity index (χ3n) is 5.88. The van der Waals surface area contributed by atoms with Crippen LogP contribution in [0.4, 0.5) is 0 Å². The number of aromatic hydroxyl groups is 1. The molecule has 0 amide bonds. The lowest BCUT2D eigenvalue weighted by Crippen LogP contribution is -3.15. The number of phenolic OH excluding ortho intramolecular Hbond substituents is 1. The molecule has 2 bridgehead atoms. The lowest BCUT2D eigenvalue weighted by molar-refractivity contribution is -0.889. The van der Waals surface area contributed by atoms with Crippen molar-refractivity contribution in [1.29, 1.82) is 0 Å². The molecule has 102 valence electrons. The van der Waals surface area contributed by atoms with Crippen LogP contribution >= 0.6 is 0 Å². The maximum absolute atomic E-state index is 12.3. The molecule has 1 saturated carbocycles. The number of fused-ring (bicyclic) bond motifs is 1. The van der Waals surface area contributed by atoms with Crippen molar-refractivity contribution in [3.8, 4) is 5.75 Å². The molecule has 1 saturated heterocycles. The van der Waals surface area contributed by atoms with E-state index >= 15 is 0 Å². The fourth-order valence-electron chi connectivity index (χ4n) is 5.09. The highest BCUT2D eigenvalue weighted by Crippen LogP contribution is 2.53. The Hall–Kier alpha value is -1.06. The van der Waals surface area contributed by atoms with Gasteiger partial charge in [0.1, 0.15) is 5.75 Å². The molecule has 2 aliphatic carbocycles. The van der Waals surface area contributed by atoms with E-state index in [1.807, 2.05) is 12.1 Å². The van der Waals surface area contributed by atoms with Crippen molar-refractivity contribution in [2.75, 3.05) is 6.54 Å². The largest absolute Gasteiger partial charge is 0.634 e. The van der Waals surface area contributed by atoms with Crippen molar-refractivity contribution in [1.82, 2.24) is 0 Å². The highest BCUT2D eigenvalue weighted by Gasteiger charge is 2.54. The SMILES string of the molecule is [O-][NH+]1CC[C@]23CCCC[C@H]2[C@H]1Cc1ccc(O)cc13. The standard InChI is InChI=1S/C16H21NO2/c18-12-5-4-11-9-15-13-3-1-2-6-16(13,14(11)10-12)7-8-17(15)19/h4-5,10,13,15,17-18H,1-3,6-9H2/t13-,15+,16+/m0/s1. The normalized spacial score (nSPS) is 40.4. The van der Waals surface area contributed by atoms with E-state index in [4.69, 9.17) is 0 Å². The summed E-state index contributed by atoms with van der Waals surface area (Å²) >= 11 is 0. The van der Waals surface area contributed by atoms with Crippen LogP contribution in [-0.4, -0.2) is 17.7 Å². The van der Waals surface area contributed by atoms with Gasteiger partial charge in [0, 0.05) is 24.2 Å². The monoisotopic (exact) mass is 259 g/mol. The molecule has 4 atom stereocenters. The van der Waals surface area contributed by atoms with Gasteiger partial charge in [0.2, 0.25) is 0 Å². The molecule has 4 rings (SSSR count). The molecule has 1 heterocycles. The smallest absolute Gasteiger partial charge is 0.115 e. The van der Waals surface area contributed by atoms with Gasteiger partial charge in [-0.2, -0.15) is 0 Å². The molecule has 19 heavy (non-hydrogen) atoms. The van der Waals surface area contributed by atoms with Crippen LogP contribution in [0.1, 0.15) is 43.2 Å². The molecular formula is C16H21NO2. The minimum atomic E-state index is 0.198. The minimum Gasteiger partial charge on any atom is -0.634 e. The van der Waals surface area contributed by atoms with E-state index < -0.39 is 0 Å². The summed E-state index contributed by atoms with van der Waals surface area (Å²) in [5, 5.41) is 22.6. The van der Waals surface area contributed by atoms with Crippen LogP contribution in [0, 0.1) is 11.1 Å². The van der Waals surface area contributed by atoms with Crippen molar-refractivity contribution in [2.45, 2.75) is 50.0 Å². The Morgan fingerprint density at radius 2 is 2.16 bits per heavy atom. The second-order valence-electron chi connectivity index (χ2n) is 6.63. The molecule has 1 unspecified atom stereocenters. The van der Waals surface area contributed by atoms with E-state index in [9.17, 15) is 10.3 Å². The molecule has 3 heteroatoms. The molecule has 1 aliphatic heterocycles. The molecule has 0 radical (unpaired) electrons. The first kappa shape index (κ1) is 11.7. The van der Waals surface area contributed by atoms with E-state index in [0.717, 1.165) is 19.4 Å². The predicted molar refractivity (Wildman–Crippen MR) is 73.0 cm³/mol. The Morgan fingerprint density at radius 3 is 3.05 bits per heavy atom. The summed E-state index contributed by atoms with van der Waals surface area (Å²) in [5.74, 6) is 0.921. The lowest BCUT2D eigenvalue weighted by atomic mass is 9.52. The van der Waals surface area contributed by atoms with Gasteiger partial charge in [0.25, 0.3) is 0 Å². The Labute approximate surface area is 113 Å². The summed E-state index contributed by atoms with van der Waals surface area (Å²) in [7, 11) is 0. The summed E-state index contributed by atoms with van der Waals surface area (Å²) in [6.07, 6.45) is 6.85. The average molecular weight is 259 g/mol. The highest BCUT2D eigenvalue weighted by atomic mass is 16.5. The third-order valence-corrected chi connectivity index (χ3v) is 5.88. The van der Waals surface area contributed by atoms with Crippen LogP contribution in [0.5, 0.6) is 5.75 Å². The van der Waals surface area contributed by atoms with Gasteiger partial charge in [-0.3, -0.25) is 0 Å². The fourth-order valence-corrected chi connectivity index (χ4v) is 5.09. The van der Waals surface area contributed by atoms with Gasteiger partial charge in [0.05, 0.1) is 12.6 Å². The predicted octanol–water partition coefficient (Wildman–Crippen LogP) is 1.53. The molecule has 2 fully saturated rings. The zero-order valence-electron chi connectivity index (χ0n) is 11.2. The Balaban J connectivity index is 1.90.